The molecule has 0 heterocycles. The van der Waals surface area contributed by atoms with E-state index in [0.29, 0.717) is 30.6 Å². The highest BCUT2D eigenvalue weighted by Gasteiger charge is 2.33. The molecular weight excluding hydrogens is 408 g/mol. The molecule has 160 valence electrons. The topological polar surface area (TPSA) is 118 Å². The molecule has 1 aliphatic rings. The maximum Gasteiger partial charge on any atom is 0.240 e. The minimum absolute atomic E-state index is 0.151. The maximum atomic E-state index is 11.0. The highest BCUT2D eigenvalue weighted by Crippen LogP contribution is 2.40. The van der Waals surface area contributed by atoms with E-state index in [4.69, 9.17) is 0 Å². The minimum atomic E-state index is -0.412. The van der Waals surface area contributed by atoms with E-state index < -0.39 is 6.04 Å². The Bertz CT molecular complexity index is 1150. The third kappa shape index (κ3) is 5.77. The average Bonchev–Trinajstić information content (AvgIpc) is 2.80. The SMILES string of the molecule is O=C=Nc1ccc(CCc2ccc(N=C=O)c(C3CCC(N=C=O)CC3N=C=O)c2)cc1. The molecule has 0 spiro atoms. The van der Waals surface area contributed by atoms with Gasteiger partial charge in [0.15, 0.2) is 0 Å². The van der Waals surface area contributed by atoms with Crippen molar-refractivity contribution in [2.45, 2.75) is 50.1 Å². The van der Waals surface area contributed by atoms with Crippen LogP contribution < -0.4 is 0 Å². The lowest BCUT2D eigenvalue weighted by Crippen LogP contribution is -2.29. The number of nitrogens with zero attached hydrogens (tertiary/aromatic N) is 4. The van der Waals surface area contributed by atoms with Crippen molar-refractivity contribution in [2.24, 2.45) is 20.0 Å². The summed E-state index contributed by atoms with van der Waals surface area (Å²) in [6.45, 7) is 0. The Morgan fingerprint density at radius 1 is 0.750 bits per heavy atom. The van der Waals surface area contributed by atoms with Crippen molar-refractivity contribution >= 4 is 35.7 Å². The molecule has 1 saturated carbocycles. The number of carbonyl (C=O) groups excluding carboxylic acids is 4. The van der Waals surface area contributed by atoms with E-state index in [9.17, 15) is 19.2 Å². The fraction of sp³-hybridized carbons (Fsp3) is 0.333. The van der Waals surface area contributed by atoms with Gasteiger partial charge >= 0.3 is 0 Å². The second-order valence-electron chi connectivity index (χ2n) is 7.55. The predicted octanol–water partition coefficient (Wildman–Crippen LogP) is 4.08. The van der Waals surface area contributed by atoms with E-state index in [1.807, 2.05) is 24.3 Å². The maximum absolute atomic E-state index is 11.0. The van der Waals surface area contributed by atoms with Crippen molar-refractivity contribution in [1.82, 2.24) is 0 Å². The Hall–Kier alpha value is -4.04. The van der Waals surface area contributed by atoms with Gasteiger partial charge in [-0.1, -0.05) is 24.3 Å². The molecule has 0 bridgehead atoms. The van der Waals surface area contributed by atoms with Crippen LogP contribution in [0.5, 0.6) is 0 Å². The van der Waals surface area contributed by atoms with Gasteiger partial charge in [-0.3, -0.25) is 0 Å². The van der Waals surface area contributed by atoms with E-state index in [2.05, 4.69) is 20.0 Å². The molecule has 0 saturated heterocycles. The number of isocyanates is 4. The highest BCUT2D eigenvalue weighted by molar-refractivity contribution is 5.57. The largest absolute Gasteiger partial charge is 0.240 e. The molecule has 3 atom stereocenters. The van der Waals surface area contributed by atoms with Crippen LogP contribution in [0.15, 0.2) is 62.4 Å². The van der Waals surface area contributed by atoms with Crippen molar-refractivity contribution in [3.63, 3.8) is 0 Å². The van der Waals surface area contributed by atoms with Gasteiger partial charge in [0.1, 0.15) is 0 Å². The van der Waals surface area contributed by atoms with Gasteiger partial charge in [0.2, 0.25) is 24.3 Å². The molecule has 2 aromatic carbocycles. The van der Waals surface area contributed by atoms with Gasteiger partial charge in [-0.25, -0.2) is 29.2 Å². The van der Waals surface area contributed by atoms with Crippen LogP contribution in [-0.4, -0.2) is 36.4 Å². The first-order chi connectivity index (χ1) is 15.7. The number of aryl methyl sites for hydroxylation is 2. The highest BCUT2D eigenvalue weighted by atomic mass is 16.1. The summed E-state index contributed by atoms with van der Waals surface area (Å²) >= 11 is 0. The number of rotatable bonds is 8. The fourth-order valence-corrected chi connectivity index (χ4v) is 4.18. The zero-order valence-electron chi connectivity index (χ0n) is 17.2. The Labute approximate surface area is 184 Å². The lowest BCUT2D eigenvalue weighted by atomic mass is 9.77. The molecule has 0 N–H and O–H groups in total. The Kier molecular flexibility index (Phi) is 8.05. The summed E-state index contributed by atoms with van der Waals surface area (Å²) in [5.74, 6) is -0.151. The standard InChI is InChI=1S/C24H20N4O4/c29-13-25-19-6-3-17(4-7-19)1-2-18-5-10-23(27-15-31)22(11-18)21-9-8-20(26-14-30)12-24(21)28-16-32/h3-7,10-11,20-21,24H,1-2,8-9,12H2. The minimum Gasteiger partial charge on any atom is -0.211 e. The van der Waals surface area contributed by atoms with Crippen LogP contribution >= 0.6 is 0 Å². The van der Waals surface area contributed by atoms with Crippen LogP contribution in [0.4, 0.5) is 11.4 Å². The van der Waals surface area contributed by atoms with Crippen LogP contribution in [-0.2, 0) is 32.0 Å². The first-order valence-electron chi connectivity index (χ1n) is 10.2. The first kappa shape index (κ1) is 22.6. The normalized spacial score (nSPS) is 19.4. The molecule has 0 radical (unpaired) electrons. The molecule has 8 heteroatoms. The van der Waals surface area contributed by atoms with Crippen LogP contribution in [0.1, 0.15) is 41.9 Å². The van der Waals surface area contributed by atoms with Gasteiger partial charge in [0, 0.05) is 5.92 Å². The molecule has 2 aromatic rings. The molecule has 3 unspecified atom stereocenters. The van der Waals surface area contributed by atoms with Crippen molar-refractivity contribution < 1.29 is 19.2 Å². The summed E-state index contributed by atoms with van der Waals surface area (Å²) in [6.07, 6.45) is 9.52. The fourth-order valence-electron chi connectivity index (χ4n) is 4.18. The van der Waals surface area contributed by atoms with Gasteiger partial charge in [-0.15, -0.1) is 0 Å². The second kappa shape index (κ2) is 11.4. The predicted molar refractivity (Wildman–Crippen MR) is 116 cm³/mol. The monoisotopic (exact) mass is 428 g/mol. The molecular formula is C24H20N4O4. The summed E-state index contributed by atoms with van der Waals surface area (Å²) in [4.78, 5) is 58.1. The molecule has 3 rings (SSSR count). The zero-order chi connectivity index (χ0) is 22.8. The number of benzene rings is 2. The summed E-state index contributed by atoms with van der Waals surface area (Å²) in [7, 11) is 0. The summed E-state index contributed by atoms with van der Waals surface area (Å²) < 4.78 is 0. The molecule has 32 heavy (non-hydrogen) atoms. The molecule has 8 nitrogen and oxygen atoms in total. The third-order valence-electron chi connectivity index (χ3n) is 5.71. The summed E-state index contributed by atoms with van der Waals surface area (Å²) in [5.41, 5.74) is 3.99. The van der Waals surface area contributed by atoms with Gasteiger partial charge in [0.25, 0.3) is 0 Å². The van der Waals surface area contributed by atoms with Crippen LogP contribution in [0.3, 0.4) is 0 Å². The molecule has 0 aromatic heterocycles. The number of aliphatic imine (C=N–C) groups is 4. The van der Waals surface area contributed by atoms with Crippen molar-refractivity contribution in [3.8, 4) is 0 Å². The van der Waals surface area contributed by atoms with Crippen molar-refractivity contribution in [1.29, 1.82) is 0 Å². The van der Waals surface area contributed by atoms with E-state index in [1.165, 1.54) is 6.08 Å². The van der Waals surface area contributed by atoms with Crippen molar-refractivity contribution in [2.75, 3.05) is 0 Å². The smallest absolute Gasteiger partial charge is 0.211 e. The Morgan fingerprint density at radius 2 is 1.44 bits per heavy atom. The summed E-state index contributed by atoms with van der Waals surface area (Å²) in [5, 5.41) is 0. The Balaban J connectivity index is 1.85. The second-order valence-corrected chi connectivity index (χ2v) is 7.55. The van der Waals surface area contributed by atoms with Crippen LogP contribution in [0.25, 0.3) is 0 Å². The molecule has 0 aliphatic heterocycles. The van der Waals surface area contributed by atoms with E-state index in [-0.39, 0.29) is 12.0 Å². The molecule has 0 amide bonds. The van der Waals surface area contributed by atoms with E-state index in [1.54, 1.807) is 36.4 Å². The summed E-state index contributed by atoms with van der Waals surface area (Å²) in [6, 6.07) is 12.4. The lowest BCUT2D eigenvalue weighted by Gasteiger charge is -2.31. The van der Waals surface area contributed by atoms with Gasteiger partial charge in [0.05, 0.1) is 23.5 Å². The first-order valence-corrected chi connectivity index (χ1v) is 10.2. The van der Waals surface area contributed by atoms with Crippen molar-refractivity contribution in [3.05, 3.63) is 59.2 Å². The van der Waals surface area contributed by atoms with Gasteiger partial charge in [-0.05, 0) is 67.0 Å². The lowest BCUT2D eigenvalue weighted by molar-refractivity contribution is 0.348. The van der Waals surface area contributed by atoms with Crippen LogP contribution in [0, 0.1) is 0 Å². The zero-order valence-corrected chi connectivity index (χ0v) is 17.2. The van der Waals surface area contributed by atoms with Crippen LogP contribution in [0.2, 0.25) is 0 Å². The van der Waals surface area contributed by atoms with Gasteiger partial charge in [-0.2, -0.15) is 9.98 Å². The third-order valence-corrected chi connectivity index (χ3v) is 5.71. The van der Waals surface area contributed by atoms with E-state index in [0.717, 1.165) is 29.5 Å². The number of hydrogen-bond donors (Lipinski definition) is 0. The quantitative estimate of drug-likeness (QED) is 0.465. The number of hydrogen-bond acceptors (Lipinski definition) is 8. The molecule has 1 aliphatic carbocycles. The average molecular weight is 428 g/mol. The van der Waals surface area contributed by atoms with Gasteiger partial charge < -0.3 is 0 Å². The molecule has 1 fully saturated rings. The Morgan fingerprint density at radius 3 is 2.12 bits per heavy atom. The van der Waals surface area contributed by atoms with E-state index >= 15 is 0 Å².